The van der Waals surface area contributed by atoms with E-state index in [-0.39, 0.29) is 5.63 Å². The van der Waals surface area contributed by atoms with Gasteiger partial charge in [0.15, 0.2) is 11.5 Å². The Labute approximate surface area is 191 Å². The summed E-state index contributed by atoms with van der Waals surface area (Å²) in [5.41, 5.74) is 3.16. The molecule has 7 heteroatoms. The van der Waals surface area contributed by atoms with Crippen molar-refractivity contribution in [3.63, 3.8) is 0 Å². The summed E-state index contributed by atoms with van der Waals surface area (Å²) in [6, 6.07) is 13.5. The molecule has 4 aromatic rings. The Morgan fingerprint density at radius 1 is 0.939 bits per heavy atom. The summed E-state index contributed by atoms with van der Waals surface area (Å²) < 4.78 is 28.2. The van der Waals surface area contributed by atoms with Crippen LogP contribution in [0.1, 0.15) is 16.7 Å². The maximum Gasteiger partial charge on any atom is 0.344 e. The SMILES string of the molecule is COc1cc(CN2COc3c(cc4c(oc(=O)c5ccccc54)c3C)C2)cc(OC)c1OC. The third-order valence-electron chi connectivity index (χ3n) is 6.08. The van der Waals surface area contributed by atoms with E-state index >= 15 is 0 Å². The van der Waals surface area contributed by atoms with E-state index in [4.69, 9.17) is 23.4 Å². The molecule has 0 radical (unpaired) electrons. The highest BCUT2D eigenvalue weighted by Gasteiger charge is 2.24. The third kappa shape index (κ3) is 3.54. The Kier molecular flexibility index (Phi) is 5.34. The molecule has 0 unspecified atom stereocenters. The molecule has 1 aromatic heterocycles. The lowest BCUT2D eigenvalue weighted by Crippen LogP contribution is -2.32. The van der Waals surface area contributed by atoms with Gasteiger partial charge in [-0.3, -0.25) is 4.90 Å². The molecule has 0 saturated heterocycles. The number of hydrogen-bond donors (Lipinski definition) is 0. The molecule has 0 saturated carbocycles. The molecule has 0 N–H and O–H groups in total. The zero-order valence-electron chi connectivity index (χ0n) is 19.1. The molecule has 0 spiro atoms. The molecule has 1 aliphatic heterocycles. The van der Waals surface area contributed by atoms with Crippen LogP contribution in [0.25, 0.3) is 21.7 Å². The second-order valence-corrected chi connectivity index (χ2v) is 8.10. The Balaban J connectivity index is 1.53. The van der Waals surface area contributed by atoms with E-state index < -0.39 is 0 Å². The first-order valence-electron chi connectivity index (χ1n) is 10.7. The van der Waals surface area contributed by atoms with Crippen LogP contribution in [-0.2, 0) is 13.1 Å². The Bertz CT molecular complexity index is 1400. The summed E-state index contributed by atoms with van der Waals surface area (Å²) in [4.78, 5) is 14.7. The van der Waals surface area contributed by atoms with Gasteiger partial charge in [0.2, 0.25) is 5.75 Å². The van der Waals surface area contributed by atoms with E-state index in [1.807, 2.05) is 37.3 Å². The number of nitrogens with zero attached hydrogens (tertiary/aromatic N) is 1. The topological polar surface area (TPSA) is 70.4 Å². The minimum atomic E-state index is -0.332. The van der Waals surface area contributed by atoms with E-state index in [1.165, 1.54) is 0 Å². The summed E-state index contributed by atoms with van der Waals surface area (Å²) in [6.07, 6.45) is 0. The van der Waals surface area contributed by atoms with Crippen molar-refractivity contribution in [2.75, 3.05) is 28.1 Å². The van der Waals surface area contributed by atoms with Crippen molar-refractivity contribution < 1.29 is 23.4 Å². The molecule has 0 fully saturated rings. The van der Waals surface area contributed by atoms with E-state index in [0.717, 1.165) is 33.2 Å². The van der Waals surface area contributed by atoms with Crippen molar-refractivity contribution in [3.05, 3.63) is 69.6 Å². The van der Waals surface area contributed by atoms with Gasteiger partial charge < -0.3 is 23.4 Å². The van der Waals surface area contributed by atoms with Crippen LogP contribution >= 0.6 is 0 Å². The molecule has 33 heavy (non-hydrogen) atoms. The van der Waals surface area contributed by atoms with Crippen molar-refractivity contribution in [1.82, 2.24) is 4.90 Å². The van der Waals surface area contributed by atoms with Crippen LogP contribution in [0.15, 0.2) is 51.7 Å². The molecule has 5 rings (SSSR count). The number of ether oxygens (including phenoxy) is 4. The van der Waals surface area contributed by atoms with Gasteiger partial charge in [-0.15, -0.1) is 0 Å². The number of aryl methyl sites for hydroxylation is 1. The highest BCUT2D eigenvalue weighted by Crippen LogP contribution is 2.40. The quantitative estimate of drug-likeness (QED) is 0.326. The Morgan fingerprint density at radius 2 is 1.64 bits per heavy atom. The number of benzene rings is 3. The van der Waals surface area contributed by atoms with E-state index in [1.54, 1.807) is 27.4 Å². The normalized spacial score (nSPS) is 13.6. The van der Waals surface area contributed by atoms with Gasteiger partial charge in [0.1, 0.15) is 18.1 Å². The van der Waals surface area contributed by atoms with Crippen molar-refractivity contribution in [1.29, 1.82) is 0 Å². The Hall–Kier alpha value is -3.71. The molecule has 0 amide bonds. The van der Waals surface area contributed by atoms with Crippen LogP contribution < -0.4 is 24.6 Å². The smallest absolute Gasteiger partial charge is 0.344 e. The van der Waals surface area contributed by atoms with Gasteiger partial charge in [0.25, 0.3) is 0 Å². The highest BCUT2D eigenvalue weighted by atomic mass is 16.5. The number of rotatable bonds is 5. The van der Waals surface area contributed by atoms with Gasteiger partial charge in [-0.2, -0.15) is 0 Å². The van der Waals surface area contributed by atoms with Gasteiger partial charge >= 0.3 is 5.63 Å². The summed E-state index contributed by atoms with van der Waals surface area (Å²) >= 11 is 0. The average molecular weight is 447 g/mol. The zero-order chi connectivity index (χ0) is 23.1. The zero-order valence-corrected chi connectivity index (χ0v) is 19.1. The Morgan fingerprint density at radius 3 is 2.30 bits per heavy atom. The molecule has 0 aliphatic carbocycles. The van der Waals surface area contributed by atoms with Crippen molar-refractivity contribution in [3.8, 4) is 23.0 Å². The molecule has 2 heterocycles. The fourth-order valence-corrected chi connectivity index (χ4v) is 4.57. The van der Waals surface area contributed by atoms with Gasteiger partial charge in [-0.05, 0) is 42.1 Å². The summed E-state index contributed by atoms with van der Waals surface area (Å²) in [5.74, 6) is 2.59. The second kappa shape index (κ2) is 8.33. The molecule has 0 bridgehead atoms. The predicted molar refractivity (Wildman–Crippen MR) is 126 cm³/mol. The lowest BCUT2D eigenvalue weighted by molar-refractivity contribution is 0.0880. The van der Waals surface area contributed by atoms with Crippen LogP contribution in [0, 0.1) is 6.92 Å². The average Bonchev–Trinajstić information content (AvgIpc) is 2.84. The van der Waals surface area contributed by atoms with Gasteiger partial charge in [0.05, 0.1) is 26.7 Å². The first kappa shape index (κ1) is 21.2. The summed E-state index contributed by atoms with van der Waals surface area (Å²) in [6.45, 7) is 3.68. The lowest BCUT2D eigenvalue weighted by atomic mass is 10.00. The maximum atomic E-state index is 12.5. The first-order chi connectivity index (χ1) is 16.0. The van der Waals surface area contributed by atoms with Gasteiger partial charge in [-0.25, -0.2) is 4.79 Å². The van der Waals surface area contributed by atoms with Crippen LogP contribution in [0.2, 0.25) is 0 Å². The largest absolute Gasteiger partial charge is 0.493 e. The number of fused-ring (bicyclic) bond motifs is 4. The van der Waals surface area contributed by atoms with Gasteiger partial charge in [-0.1, -0.05) is 18.2 Å². The number of methoxy groups -OCH3 is 3. The van der Waals surface area contributed by atoms with Crippen molar-refractivity contribution in [2.45, 2.75) is 20.0 Å². The fourth-order valence-electron chi connectivity index (χ4n) is 4.57. The summed E-state index contributed by atoms with van der Waals surface area (Å²) in [7, 11) is 4.81. The van der Waals surface area contributed by atoms with Crippen LogP contribution in [0.5, 0.6) is 23.0 Å². The standard InChI is InChI=1S/C26H25NO6/c1-15-23-17(11-20-18-7-5-6-8-19(18)26(28)33-24(15)20)13-27(14-32-23)12-16-9-21(29-2)25(31-4)22(10-16)30-3/h5-11H,12-14H2,1-4H3. The summed E-state index contributed by atoms with van der Waals surface area (Å²) in [5, 5.41) is 2.38. The minimum Gasteiger partial charge on any atom is -0.493 e. The second-order valence-electron chi connectivity index (χ2n) is 8.10. The molecule has 7 nitrogen and oxygen atoms in total. The molecular weight excluding hydrogens is 422 g/mol. The molecule has 0 atom stereocenters. The number of hydrogen-bond acceptors (Lipinski definition) is 7. The molecular formula is C26H25NO6. The minimum absolute atomic E-state index is 0.332. The lowest BCUT2D eigenvalue weighted by Gasteiger charge is -2.30. The highest BCUT2D eigenvalue weighted by molar-refractivity contribution is 6.06. The van der Waals surface area contributed by atoms with E-state index in [0.29, 0.717) is 48.0 Å². The van der Waals surface area contributed by atoms with Crippen molar-refractivity contribution in [2.24, 2.45) is 0 Å². The van der Waals surface area contributed by atoms with Crippen molar-refractivity contribution >= 4 is 21.7 Å². The monoisotopic (exact) mass is 447 g/mol. The fraction of sp³-hybridized carbons (Fsp3) is 0.269. The van der Waals surface area contributed by atoms with E-state index in [2.05, 4.69) is 11.0 Å². The maximum absolute atomic E-state index is 12.5. The molecule has 170 valence electrons. The van der Waals surface area contributed by atoms with E-state index in [9.17, 15) is 4.79 Å². The molecule has 3 aromatic carbocycles. The van der Waals surface area contributed by atoms with Gasteiger partial charge in [0, 0.05) is 29.6 Å². The van der Waals surface area contributed by atoms with Crippen LogP contribution in [-0.4, -0.2) is 33.0 Å². The predicted octanol–water partition coefficient (Wildman–Crippen LogP) is 4.63. The van der Waals surface area contributed by atoms with Crippen LogP contribution in [0.4, 0.5) is 0 Å². The first-order valence-corrected chi connectivity index (χ1v) is 10.7. The molecule has 1 aliphatic rings. The van der Waals surface area contributed by atoms with Crippen LogP contribution in [0.3, 0.4) is 0 Å². The third-order valence-corrected chi connectivity index (χ3v) is 6.08.